The summed E-state index contributed by atoms with van der Waals surface area (Å²) >= 11 is 6.02. The Morgan fingerprint density at radius 2 is 1.91 bits per heavy atom. The molecule has 2 aromatic rings. The molecule has 0 bridgehead atoms. The van der Waals surface area contributed by atoms with Crippen LogP contribution in [0, 0.1) is 0 Å². The predicted octanol–water partition coefficient (Wildman–Crippen LogP) is 3.31. The highest BCUT2D eigenvalue weighted by Crippen LogP contribution is 2.40. The number of hydrogen-bond acceptors (Lipinski definition) is 2. The summed E-state index contributed by atoms with van der Waals surface area (Å²) in [7, 11) is 1.85. The second kappa shape index (κ2) is 5.06. The van der Waals surface area contributed by atoms with Crippen LogP contribution in [0.15, 0.2) is 36.5 Å². The van der Waals surface area contributed by atoms with E-state index in [9.17, 15) is 4.79 Å². The van der Waals surface area contributed by atoms with Gasteiger partial charge >= 0.3 is 0 Å². The zero-order valence-corrected chi connectivity index (χ0v) is 13.3. The van der Waals surface area contributed by atoms with Crippen LogP contribution in [0.4, 0.5) is 11.4 Å². The van der Waals surface area contributed by atoms with Gasteiger partial charge in [0.25, 0.3) is 5.91 Å². The monoisotopic (exact) mass is 315 g/mol. The van der Waals surface area contributed by atoms with E-state index in [1.54, 1.807) is 16.8 Å². The number of amides is 1. The summed E-state index contributed by atoms with van der Waals surface area (Å²) in [6.07, 6.45) is 4.28. The van der Waals surface area contributed by atoms with Gasteiger partial charge in [0.05, 0.1) is 16.4 Å². The third-order valence-corrected chi connectivity index (χ3v) is 4.68. The Morgan fingerprint density at radius 1 is 1.18 bits per heavy atom. The number of aryl methyl sites for hydroxylation is 1. The van der Waals surface area contributed by atoms with Gasteiger partial charge in [0.2, 0.25) is 0 Å². The van der Waals surface area contributed by atoms with Gasteiger partial charge in [-0.3, -0.25) is 4.79 Å². The third-order valence-electron chi connectivity index (χ3n) is 4.47. The van der Waals surface area contributed by atoms with Gasteiger partial charge in [0.15, 0.2) is 0 Å². The molecule has 0 radical (unpaired) electrons. The van der Waals surface area contributed by atoms with Crippen LogP contribution in [-0.4, -0.2) is 29.6 Å². The number of fused-ring (bicyclic) bond motifs is 1. The van der Waals surface area contributed by atoms with E-state index >= 15 is 0 Å². The fourth-order valence-electron chi connectivity index (χ4n) is 3.24. The zero-order valence-electron chi connectivity index (χ0n) is 12.5. The van der Waals surface area contributed by atoms with E-state index in [0.717, 1.165) is 18.8 Å². The highest BCUT2D eigenvalue weighted by molar-refractivity contribution is 6.31. The molecule has 114 valence electrons. The van der Waals surface area contributed by atoms with Gasteiger partial charge in [-0.25, -0.2) is 0 Å². The van der Waals surface area contributed by atoms with Crippen molar-refractivity contribution in [3.63, 3.8) is 0 Å². The smallest absolute Gasteiger partial charge is 0.275 e. The second-order valence-electron chi connectivity index (χ2n) is 6.02. The normalized spacial score (nSPS) is 17.5. The number of rotatable bonds is 2. The summed E-state index contributed by atoms with van der Waals surface area (Å²) in [6.45, 7) is 1.61. The van der Waals surface area contributed by atoms with Gasteiger partial charge < -0.3 is 14.4 Å². The van der Waals surface area contributed by atoms with Crippen LogP contribution >= 0.6 is 11.6 Å². The van der Waals surface area contributed by atoms with Crippen LogP contribution in [0.5, 0.6) is 0 Å². The first kappa shape index (κ1) is 13.7. The highest BCUT2D eigenvalue weighted by atomic mass is 35.5. The Bertz CT molecular complexity index is 735. The van der Waals surface area contributed by atoms with Gasteiger partial charge in [-0.1, -0.05) is 23.7 Å². The number of para-hydroxylation sites is 2. The summed E-state index contributed by atoms with van der Waals surface area (Å²) in [4.78, 5) is 17.2. The van der Waals surface area contributed by atoms with Crippen molar-refractivity contribution in [3.8, 4) is 0 Å². The zero-order chi connectivity index (χ0) is 15.3. The van der Waals surface area contributed by atoms with Crippen molar-refractivity contribution in [2.45, 2.75) is 18.9 Å². The number of hydrogen-bond donors (Lipinski definition) is 0. The molecule has 2 aliphatic rings. The summed E-state index contributed by atoms with van der Waals surface area (Å²) in [5, 5.41) is 0.593. The Balaban J connectivity index is 1.72. The van der Waals surface area contributed by atoms with E-state index in [1.807, 2.05) is 30.1 Å². The molecule has 4 rings (SSSR count). The lowest BCUT2D eigenvalue weighted by molar-refractivity contribution is 0.0979. The van der Waals surface area contributed by atoms with Gasteiger partial charge in [0, 0.05) is 32.4 Å². The van der Waals surface area contributed by atoms with E-state index in [0.29, 0.717) is 16.8 Å². The molecule has 0 atom stereocenters. The van der Waals surface area contributed by atoms with Gasteiger partial charge in [-0.05, 0) is 31.0 Å². The second-order valence-corrected chi connectivity index (χ2v) is 6.46. The van der Waals surface area contributed by atoms with E-state index in [2.05, 4.69) is 11.0 Å². The fraction of sp³-hybridized carbons (Fsp3) is 0.353. The molecule has 1 fully saturated rings. The third kappa shape index (κ3) is 2.18. The maximum absolute atomic E-state index is 12.9. The maximum Gasteiger partial charge on any atom is 0.275 e. The largest absolute Gasteiger partial charge is 0.365 e. The lowest BCUT2D eigenvalue weighted by Gasteiger charge is -2.38. The number of nitrogens with zero attached hydrogens (tertiary/aromatic N) is 3. The molecule has 1 aliphatic heterocycles. The minimum absolute atomic E-state index is 0.0114. The quantitative estimate of drug-likeness (QED) is 0.850. The highest BCUT2D eigenvalue weighted by Gasteiger charge is 2.35. The molecule has 1 aromatic carbocycles. The van der Waals surface area contributed by atoms with Crippen molar-refractivity contribution in [2.24, 2.45) is 7.05 Å². The molecule has 1 amide bonds. The molecule has 22 heavy (non-hydrogen) atoms. The van der Waals surface area contributed by atoms with Crippen LogP contribution in [-0.2, 0) is 7.05 Å². The van der Waals surface area contributed by atoms with Gasteiger partial charge in [0.1, 0.15) is 5.69 Å². The summed E-state index contributed by atoms with van der Waals surface area (Å²) in [5.41, 5.74) is 2.80. The molecule has 1 aromatic heterocycles. The van der Waals surface area contributed by atoms with Crippen molar-refractivity contribution in [2.75, 3.05) is 22.9 Å². The topological polar surface area (TPSA) is 28.5 Å². The Hall–Kier alpha value is -1.94. The number of benzene rings is 1. The molecule has 0 N–H and O–H groups in total. The molecule has 4 nitrogen and oxygen atoms in total. The van der Waals surface area contributed by atoms with E-state index in [1.165, 1.54) is 18.5 Å². The SMILES string of the molecule is Cn1cc(Cl)cc1C(=O)N1CCN(C2CC2)c2ccccc21. The van der Waals surface area contributed by atoms with Crippen molar-refractivity contribution in [1.29, 1.82) is 0 Å². The van der Waals surface area contributed by atoms with Crippen molar-refractivity contribution in [3.05, 3.63) is 47.2 Å². The molecule has 5 heteroatoms. The summed E-state index contributed by atoms with van der Waals surface area (Å²) in [5.74, 6) is 0.0114. The lowest BCUT2D eigenvalue weighted by Crippen LogP contribution is -2.45. The number of carbonyl (C=O) groups excluding carboxylic acids is 1. The molecule has 0 saturated heterocycles. The minimum atomic E-state index is 0.0114. The molecular weight excluding hydrogens is 298 g/mol. The van der Waals surface area contributed by atoms with Gasteiger partial charge in [-0.15, -0.1) is 0 Å². The number of carbonyl (C=O) groups is 1. The fourth-order valence-corrected chi connectivity index (χ4v) is 3.49. The number of halogens is 1. The molecular formula is C17H18ClN3O. The van der Waals surface area contributed by atoms with Crippen LogP contribution in [0.2, 0.25) is 5.02 Å². The molecule has 0 unspecified atom stereocenters. The molecule has 1 saturated carbocycles. The molecule has 0 spiro atoms. The average Bonchev–Trinajstić information content (AvgIpc) is 3.30. The van der Waals surface area contributed by atoms with E-state index in [-0.39, 0.29) is 5.91 Å². The standard InChI is InChI=1S/C17H18ClN3O/c1-19-11-12(18)10-16(19)17(22)21-9-8-20(13-6-7-13)14-4-2-3-5-15(14)21/h2-5,10-11,13H,6-9H2,1H3. The molecule has 1 aliphatic carbocycles. The minimum Gasteiger partial charge on any atom is -0.365 e. The van der Waals surface area contributed by atoms with Crippen LogP contribution in [0.1, 0.15) is 23.3 Å². The average molecular weight is 316 g/mol. The van der Waals surface area contributed by atoms with Crippen LogP contribution < -0.4 is 9.80 Å². The van der Waals surface area contributed by atoms with Gasteiger partial charge in [-0.2, -0.15) is 0 Å². The molecule has 2 heterocycles. The number of aromatic nitrogens is 1. The summed E-state index contributed by atoms with van der Waals surface area (Å²) < 4.78 is 1.79. The number of anilines is 2. The first-order chi connectivity index (χ1) is 10.6. The van der Waals surface area contributed by atoms with Crippen LogP contribution in [0.25, 0.3) is 0 Å². The first-order valence-corrected chi connectivity index (χ1v) is 8.02. The van der Waals surface area contributed by atoms with E-state index < -0.39 is 0 Å². The van der Waals surface area contributed by atoms with Crippen molar-refractivity contribution >= 4 is 28.9 Å². The van der Waals surface area contributed by atoms with Crippen LogP contribution in [0.3, 0.4) is 0 Å². The summed E-state index contributed by atoms with van der Waals surface area (Å²) in [6, 6.07) is 10.6. The maximum atomic E-state index is 12.9. The lowest BCUT2D eigenvalue weighted by atomic mass is 10.1. The van der Waals surface area contributed by atoms with E-state index in [4.69, 9.17) is 11.6 Å². The first-order valence-electron chi connectivity index (χ1n) is 7.64. The van der Waals surface area contributed by atoms with Crippen molar-refractivity contribution in [1.82, 2.24) is 4.57 Å². The Kier molecular flexibility index (Phi) is 3.15. The predicted molar refractivity (Wildman–Crippen MR) is 88.9 cm³/mol. The van der Waals surface area contributed by atoms with Crippen molar-refractivity contribution < 1.29 is 4.79 Å². The Labute approximate surface area is 134 Å². The Morgan fingerprint density at radius 3 is 2.55 bits per heavy atom.